The summed E-state index contributed by atoms with van der Waals surface area (Å²) in [6.45, 7) is 0. The van der Waals surface area contributed by atoms with Crippen LogP contribution in [0.1, 0.15) is 11.1 Å². The fraction of sp³-hybridized carbons (Fsp3) is 0.125. The quantitative estimate of drug-likeness (QED) is 0.732. The maximum atomic E-state index is 12.6. The average molecular weight is 349 g/mol. The van der Waals surface area contributed by atoms with E-state index in [1.807, 2.05) is 0 Å². The molecule has 0 spiro atoms. The van der Waals surface area contributed by atoms with E-state index in [4.69, 9.17) is 15.9 Å². The fourth-order valence-electron chi connectivity index (χ4n) is 1.15. The van der Waals surface area contributed by atoms with E-state index < -0.39 is 35.7 Å². The summed E-state index contributed by atoms with van der Waals surface area (Å²) in [6, 6.07) is 2.91. The lowest BCUT2D eigenvalue weighted by atomic mass is 10.1. The van der Waals surface area contributed by atoms with Crippen molar-refractivity contribution < 1.29 is 21.6 Å². The van der Waals surface area contributed by atoms with Crippen LogP contribution in [0, 0.1) is 11.3 Å². The van der Waals surface area contributed by atoms with E-state index in [1.54, 1.807) is 0 Å². The van der Waals surface area contributed by atoms with Crippen LogP contribution in [0.2, 0.25) is 0 Å². The molecule has 0 bridgehead atoms. The molecule has 0 aromatic heterocycles. The summed E-state index contributed by atoms with van der Waals surface area (Å²) >= 11 is 2.62. The molecule has 0 saturated carbocycles. The largest absolute Gasteiger partial charge is 0.418 e. The van der Waals surface area contributed by atoms with E-state index >= 15 is 0 Å². The molecule has 0 aliphatic heterocycles. The molecule has 0 amide bonds. The maximum Gasteiger partial charge on any atom is 0.418 e. The van der Waals surface area contributed by atoms with Crippen molar-refractivity contribution in [3.8, 4) is 6.07 Å². The van der Waals surface area contributed by atoms with Crippen molar-refractivity contribution in [2.45, 2.75) is 11.1 Å². The molecular formula is C8H2BrClF3NO2S. The van der Waals surface area contributed by atoms with E-state index in [9.17, 15) is 21.6 Å². The number of benzene rings is 1. The minimum absolute atomic E-state index is 0.425. The Morgan fingerprint density at radius 3 is 2.24 bits per heavy atom. The Morgan fingerprint density at radius 2 is 1.88 bits per heavy atom. The predicted octanol–water partition coefficient (Wildman–Crippen LogP) is 3.27. The number of nitrogens with zero attached hydrogens (tertiary/aromatic N) is 1. The lowest BCUT2D eigenvalue weighted by Gasteiger charge is -2.12. The van der Waals surface area contributed by atoms with Gasteiger partial charge in [0.05, 0.1) is 11.1 Å². The third kappa shape index (κ3) is 2.91. The van der Waals surface area contributed by atoms with E-state index in [0.29, 0.717) is 0 Å². The normalized spacial score (nSPS) is 12.2. The molecule has 3 nitrogen and oxygen atoms in total. The minimum Gasteiger partial charge on any atom is -0.207 e. The van der Waals surface area contributed by atoms with Crippen LogP contribution in [0.15, 0.2) is 21.5 Å². The number of halogens is 5. The first-order chi connectivity index (χ1) is 7.59. The number of alkyl halides is 3. The first-order valence-electron chi connectivity index (χ1n) is 3.83. The van der Waals surface area contributed by atoms with Crippen molar-refractivity contribution in [1.82, 2.24) is 0 Å². The molecule has 0 saturated heterocycles. The Balaban J connectivity index is 3.80. The molecule has 0 radical (unpaired) electrons. The van der Waals surface area contributed by atoms with Gasteiger partial charge in [-0.25, -0.2) is 8.42 Å². The van der Waals surface area contributed by atoms with Crippen LogP contribution in [0.25, 0.3) is 0 Å². The highest BCUT2D eigenvalue weighted by molar-refractivity contribution is 9.10. The van der Waals surface area contributed by atoms with Gasteiger partial charge in [-0.3, -0.25) is 0 Å². The number of rotatable bonds is 1. The lowest BCUT2D eigenvalue weighted by Crippen LogP contribution is -2.11. The lowest BCUT2D eigenvalue weighted by molar-refractivity contribution is -0.138. The zero-order chi connectivity index (χ0) is 13.4. The molecule has 1 aromatic rings. The van der Waals surface area contributed by atoms with Gasteiger partial charge in [-0.2, -0.15) is 18.4 Å². The van der Waals surface area contributed by atoms with Gasteiger partial charge in [0.15, 0.2) is 0 Å². The van der Waals surface area contributed by atoms with E-state index in [-0.39, 0.29) is 0 Å². The van der Waals surface area contributed by atoms with Crippen molar-refractivity contribution in [3.63, 3.8) is 0 Å². The standard InChI is InChI=1S/C8H2BrClF3NO2S/c9-5-1-2-6(17(10,15)16)4(3-14)7(5)8(11,12)13/h1-2H. The van der Waals surface area contributed by atoms with E-state index in [2.05, 4.69) is 15.9 Å². The monoisotopic (exact) mass is 347 g/mol. The first kappa shape index (κ1) is 14.3. The molecule has 0 fully saturated rings. The molecule has 92 valence electrons. The van der Waals surface area contributed by atoms with Crippen molar-refractivity contribution in [2.24, 2.45) is 0 Å². The molecular weight excluding hydrogens is 347 g/mol. The SMILES string of the molecule is N#Cc1c(S(=O)(=O)Cl)ccc(Br)c1C(F)(F)F. The number of hydrogen-bond donors (Lipinski definition) is 0. The summed E-state index contributed by atoms with van der Waals surface area (Å²) in [5, 5.41) is 8.66. The van der Waals surface area contributed by atoms with Crippen LogP contribution in [0.4, 0.5) is 13.2 Å². The molecule has 1 aromatic carbocycles. The van der Waals surface area contributed by atoms with Gasteiger partial charge in [0.1, 0.15) is 11.0 Å². The molecule has 0 aliphatic carbocycles. The van der Waals surface area contributed by atoms with Crippen molar-refractivity contribution in [3.05, 3.63) is 27.7 Å². The zero-order valence-electron chi connectivity index (χ0n) is 7.72. The molecule has 17 heavy (non-hydrogen) atoms. The molecule has 0 unspecified atom stereocenters. The first-order valence-corrected chi connectivity index (χ1v) is 6.93. The summed E-state index contributed by atoms with van der Waals surface area (Å²) < 4.78 is 59.6. The Bertz CT molecular complexity index is 606. The molecule has 0 atom stereocenters. The second-order valence-electron chi connectivity index (χ2n) is 2.84. The van der Waals surface area contributed by atoms with Crippen molar-refractivity contribution in [2.75, 3.05) is 0 Å². The molecule has 0 heterocycles. The Hall–Kier alpha value is -0.780. The Kier molecular flexibility index (Phi) is 3.76. The smallest absolute Gasteiger partial charge is 0.207 e. The van der Waals surface area contributed by atoms with Crippen molar-refractivity contribution in [1.29, 1.82) is 5.26 Å². The second kappa shape index (κ2) is 4.48. The van der Waals surface area contributed by atoms with Crippen LogP contribution in [0.3, 0.4) is 0 Å². The Morgan fingerprint density at radius 1 is 1.35 bits per heavy atom. The average Bonchev–Trinajstić information content (AvgIpc) is 2.12. The highest BCUT2D eigenvalue weighted by atomic mass is 79.9. The summed E-state index contributed by atoms with van der Waals surface area (Å²) in [6.07, 6.45) is -4.86. The number of hydrogen-bond acceptors (Lipinski definition) is 3. The summed E-state index contributed by atoms with van der Waals surface area (Å²) in [4.78, 5) is -0.864. The fourth-order valence-corrected chi connectivity index (χ4v) is 2.71. The van der Waals surface area contributed by atoms with Crippen LogP contribution < -0.4 is 0 Å². The van der Waals surface area contributed by atoms with Crippen LogP contribution in [-0.2, 0) is 15.2 Å². The van der Waals surface area contributed by atoms with Gasteiger partial charge in [-0.05, 0) is 12.1 Å². The molecule has 9 heteroatoms. The molecule has 0 N–H and O–H groups in total. The summed E-state index contributed by atoms with van der Waals surface area (Å²) in [7, 11) is 0.539. The minimum atomic E-state index is -4.86. The summed E-state index contributed by atoms with van der Waals surface area (Å²) in [5.41, 5.74) is -2.39. The van der Waals surface area contributed by atoms with Gasteiger partial charge in [0.25, 0.3) is 9.05 Å². The van der Waals surface area contributed by atoms with Gasteiger partial charge >= 0.3 is 6.18 Å². The van der Waals surface area contributed by atoms with Crippen molar-refractivity contribution >= 4 is 35.7 Å². The highest BCUT2D eigenvalue weighted by Crippen LogP contribution is 2.39. The van der Waals surface area contributed by atoms with E-state index in [1.165, 1.54) is 6.07 Å². The van der Waals surface area contributed by atoms with Crippen LogP contribution in [0.5, 0.6) is 0 Å². The third-order valence-electron chi connectivity index (χ3n) is 1.77. The highest BCUT2D eigenvalue weighted by Gasteiger charge is 2.38. The van der Waals surface area contributed by atoms with Gasteiger partial charge in [-0.15, -0.1) is 0 Å². The topological polar surface area (TPSA) is 57.9 Å². The molecule has 0 aliphatic rings. The predicted molar refractivity (Wildman–Crippen MR) is 56.9 cm³/mol. The van der Waals surface area contributed by atoms with Gasteiger partial charge in [0.2, 0.25) is 0 Å². The van der Waals surface area contributed by atoms with E-state index in [0.717, 1.165) is 12.1 Å². The Labute approximate surface area is 107 Å². The maximum absolute atomic E-state index is 12.6. The second-order valence-corrected chi connectivity index (χ2v) is 6.23. The molecule has 1 rings (SSSR count). The number of nitriles is 1. The van der Waals surface area contributed by atoms with Gasteiger partial charge in [0, 0.05) is 15.2 Å². The third-order valence-corrected chi connectivity index (χ3v) is 3.80. The van der Waals surface area contributed by atoms with Gasteiger partial charge in [-0.1, -0.05) is 15.9 Å². The summed E-state index contributed by atoms with van der Waals surface area (Å²) in [5.74, 6) is 0. The van der Waals surface area contributed by atoms with Crippen LogP contribution in [-0.4, -0.2) is 8.42 Å². The van der Waals surface area contributed by atoms with Gasteiger partial charge < -0.3 is 0 Å². The zero-order valence-corrected chi connectivity index (χ0v) is 10.9. The van der Waals surface area contributed by atoms with Crippen LogP contribution >= 0.6 is 26.6 Å².